The maximum absolute atomic E-state index is 4.98. The summed E-state index contributed by atoms with van der Waals surface area (Å²) in [5.41, 5.74) is 0. The van der Waals surface area contributed by atoms with E-state index < -0.39 is 0 Å². The predicted molar refractivity (Wildman–Crippen MR) is 49.3 cm³/mol. The summed E-state index contributed by atoms with van der Waals surface area (Å²) < 4.78 is 4.98. The second kappa shape index (κ2) is 12.3. The van der Waals surface area contributed by atoms with Crippen molar-refractivity contribution in [2.45, 2.75) is 13.8 Å². The van der Waals surface area contributed by atoms with Gasteiger partial charge in [-0.15, -0.1) is 5.75 Å². The van der Waals surface area contributed by atoms with Gasteiger partial charge in [0.1, 0.15) is 0 Å². The molecule has 0 aromatic rings. The van der Waals surface area contributed by atoms with Crippen LogP contribution in [0.1, 0.15) is 13.8 Å². The normalized spacial score (nSPS) is 9.42. The zero-order valence-electron chi connectivity index (χ0n) is 8.00. The van der Waals surface area contributed by atoms with Crippen molar-refractivity contribution in [1.82, 2.24) is 0 Å². The Balaban J connectivity index is -0.000000405. The van der Waals surface area contributed by atoms with E-state index in [0.717, 1.165) is 0 Å². The van der Waals surface area contributed by atoms with Crippen LogP contribution in [-0.2, 0) is 22.2 Å². The molecule has 0 radical (unpaired) electrons. The van der Waals surface area contributed by atoms with E-state index in [0.29, 0.717) is 24.9 Å². The average molecular weight is 445 g/mol. The first-order valence-electron chi connectivity index (χ1n) is 3.18. The van der Waals surface area contributed by atoms with Crippen molar-refractivity contribution in [2.24, 2.45) is 5.16 Å². The predicted octanol–water partition coefficient (Wildman–Crippen LogP) is 1.37. The van der Waals surface area contributed by atoms with Gasteiger partial charge in [0.05, 0.1) is 13.2 Å². The van der Waals surface area contributed by atoms with Gasteiger partial charge in [0, 0.05) is 6.92 Å². The summed E-state index contributed by atoms with van der Waals surface area (Å²) in [6.45, 7) is 4.73. The van der Waals surface area contributed by atoms with Crippen molar-refractivity contribution in [3.63, 3.8) is 0 Å². The molecule has 5 heteroatoms. The van der Waals surface area contributed by atoms with E-state index in [1.54, 1.807) is 6.92 Å². The topological polar surface area (TPSA) is 30.8 Å². The molecule has 0 rings (SSSR count). The Kier molecular flexibility index (Phi) is 17.4. The number of oxime groups is 1. The third-order valence-corrected chi connectivity index (χ3v) is 0.888. The van der Waals surface area contributed by atoms with E-state index >= 15 is 0 Å². The summed E-state index contributed by atoms with van der Waals surface area (Å²) in [7, 11) is 0. The van der Waals surface area contributed by atoms with Crippen molar-refractivity contribution < 1.29 is 9.57 Å². The molecule has 0 bridgehead atoms. The Morgan fingerprint density at radius 3 is 2.50 bits per heavy atom. The zero-order chi connectivity index (χ0) is 7.82. The molecule has 0 saturated carbocycles. The van der Waals surface area contributed by atoms with Gasteiger partial charge in [-0.25, -0.2) is 0 Å². The van der Waals surface area contributed by atoms with Crippen LogP contribution in [0.3, 0.4) is 0 Å². The molecule has 0 unspecified atom stereocenters. The smallest absolute Gasteiger partial charge is 0.222 e. The summed E-state index contributed by atoms with van der Waals surface area (Å²) >= 11 is 4.63. The van der Waals surface area contributed by atoms with Crippen LogP contribution in [-0.4, -0.2) is 24.9 Å². The standard InChI is InChI=1S/C6H13NO2S.CH3.Db/c1-3-8-6(2)7-9-4-5-10;;/h10H,3-5H2,1-2H3;1H3;/q;-1;/p-1. The van der Waals surface area contributed by atoms with E-state index in [-0.39, 0.29) is 7.43 Å². The molecule has 70 valence electrons. The molecule has 0 aromatic carbocycles. The van der Waals surface area contributed by atoms with E-state index in [2.05, 4.69) is 17.8 Å². The Bertz CT molecular complexity index is 112. The minimum Gasteiger partial charge on any atom is -0.789 e. The van der Waals surface area contributed by atoms with Crippen molar-refractivity contribution >= 4 is 18.5 Å². The van der Waals surface area contributed by atoms with Crippen LogP contribution in [0, 0.1) is 7.43 Å². The molecule has 0 atom stereocenters. The monoisotopic (exact) mass is 445 g/mol. The molecule has 0 amide bonds. The molecular weight excluding hydrogens is 430 g/mol. The van der Waals surface area contributed by atoms with E-state index in [1.807, 2.05) is 6.92 Å². The first kappa shape index (κ1) is 16.9. The van der Waals surface area contributed by atoms with Crippen LogP contribution in [0.2, 0.25) is 0 Å². The minimum atomic E-state index is 0. The molecule has 0 N–H and O–H groups in total. The van der Waals surface area contributed by atoms with Crippen LogP contribution in [0.5, 0.6) is 0 Å². The number of rotatable bonds is 4. The minimum absolute atomic E-state index is 0. The number of hydrogen-bond acceptors (Lipinski definition) is 4. The molecule has 0 aliphatic rings. The van der Waals surface area contributed by atoms with E-state index in [9.17, 15) is 0 Å². The Morgan fingerprint density at radius 2 is 2.08 bits per heavy atom. The van der Waals surface area contributed by atoms with Crippen molar-refractivity contribution in [3.05, 3.63) is 7.43 Å². The van der Waals surface area contributed by atoms with Crippen LogP contribution >= 0.6 is 0 Å². The first-order chi connectivity index (χ1) is 4.81. The van der Waals surface area contributed by atoms with Crippen LogP contribution in [0.15, 0.2) is 5.16 Å². The molecular formula is C7H15DbNO2S-2. The van der Waals surface area contributed by atoms with Crippen molar-refractivity contribution in [2.75, 3.05) is 19.0 Å². The van der Waals surface area contributed by atoms with E-state index in [1.165, 1.54) is 0 Å². The molecule has 0 fully saturated rings. The van der Waals surface area contributed by atoms with Gasteiger partial charge < -0.3 is 29.6 Å². The van der Waals surface area contributed by atoms with Gasteiger partial charge >= 0.3 is 0 Å². The van der Waals surface area contributed by atoms with Crippen LogP contribution in [0.25, 0.3) is 0 Å². The summed E-state index contributed by atoms with van der Waals surface area (Å²) in [5, 5.41) is 3.63. The average Bonchev–Trinajstić information content (AvgIpc) is 1.89. The summed E-state index contributed by atoms with van der Waals surface area (Å²) in [5.74, 6) is 1.11. The quantitative estimate of drug-likeness (QED) is 0.164. The van der Waals surface area contributed by atoms with Crippen LogP contribution < -0.4 is 0 Å². The molecule has 0 spiro atoms. The third-order valence-electron chi connectivity index (χ3n) is 0.721. The summed E-state index contributed by atoms with van der Waals surface area (Å²) in [4.78, 5) is 4.76. The molecule has 0 saturated heterocycles. The number of ether oxygens (including phenoxy) is 1. The second-order valence-electron chi connectivity index (χ2n) is 1.58. The largest absolute Gasteiger partial charge is 0.789 e. The zero-order valence-corrected chi connectivity index (χ0v) is 15.3. The molecule has 0 aliphatic heterocycles. The van der Waals surface area contributed by atoms with Gasteiger partial charge in [0.2, 0.25) is 5.90 Å². The summed E-state index contributed by atoms with van der Waals surface area (Å²) in [6, 6.07) is 0. The fourth-order valence-electron chi connectivity index (χ4n) is 0.409. The summed E-state index contributed by atoms with van der Waals surface area (Å²) in [6.07, 6.45) is 0. The Labute approximate surface area is 74.2 Å². The fraction of sp³-hybridized carbons (Fsp3) is 0.714. The van der Waals surface area contributed by atoms with Gasteiger partial charge in [-0.3, -0.25) is 0 Å². The van der Waals surface area contributed by atoms with Gasteiger partial charge in [-0.05, 0) is 6.92 Å². The van der Waals surface area contributed by atoms with Gasteiger partial charge in [-0.2, -0.15) is 0 Å². The third kappa shape index (κ3) is 11.4. The molecule has 0 heterocycles. The van der Waals surface area contributed by atoms with E-state index in [4.69, 9.17) is 9.57 Å². The van der Waals surface area contributed by atoms with Gasteiger partial charge in [0.25, 0.3) is 0 Å². The number of nitrogens with zero attached hydrogens (tertiary/aromatic N) is 1. The van der Waals surface area contributed by atoms with Crippen molar-refractivity contribution in [3.8, 4) is 0 Å². The van der Waals surface area contributed by atoms with Crippen LogP contribution in [0.4, 0.5) is 0 Å². The second-order valence-corrected chi connectivity index (χ2v) is 1.99. The molecule has 3 nitrogen and oxygen atoms in total. The molecule has 0 aromatic heterocycles. The molecule has 12 heavy (non-hydrogen) atoms. The number of hydrogen-bond donors (Lipinski definition) is 0. The Morgan fingerprint density at radius 1 is 1.50 bits per heavy atom. The molecule has 0 aliphatic carbocycles. The SMILES string of the molecule is CCOC(C)=NOCC[S-].[CH3-].[Db]. The maximum Gasteiger partial charge on any atom is 0.222 e. The fourth-order valence-corrected chi connectivity index (χ4v) is 0.484. The van der Waals surface area contributed by atoms with Gasteiger partial charge in [-0.1, -0.05) is 5.16 Å². The maximum atomic E-state index is 4.98. The van der Waals surface area contributed by atoms with Crippen molar-refractivity contribution in [1.29, 1.82) is 0 Å². The van der Waals surface area contributed by atoms with Gasteiger partial charge in [0.15, 0.2) is 0 Å². The first-order valence-corrected chi connectivity index (χ1v) is 3.76. The Hall–Kier alpha value is -1.38.